The van der Waals surface area contributed by atoms with E-state index >= 15 is 0 Å². The smallest absolute Gasteiger partial charge is 0.303 e. The van der Waals surface area contributed by atoms with Gasteiger partial charge in [0, 0.05) is 22.7 Å². The van der Waals surface area contributed by atoms with Crippen LogP contribution in [0.25, 0.3) is 11.1 Å². The fourth-order valence-corrected chi connectivity index (χ4v) is 2.19. The molecule has 0 atom stereocenters. The first kappa shape index (κ1) is 16.0. The summed E-state index contributed by atoms with van der Waals surface area (Å²) in [5.41, 5.74) is 3.53. The number of carboxylic acid groups (broad SMARTS) is 1. The Hall–Kier alpha value is -2.33. The third-order valence-electron chi connectivity index (χ3n) is 3.17. The molecule has 0 spiro atoms. The lowest BCUT2D eigenvalue weighted by atomic mass is 10.0. The molecule has 5 heteroatoms. The fourth-order valence-electron chi connectivity index (χ4n) is 2.07. The summed E-state index contributed by atoms with van der Waals surface area (Å²) in [6, 6.07) is 13.0. The van der Waals surface area contributed by atoms with Crippen molar-refractivity contribution < 1.29 is 14.7 Å². The molecule has 22 heavy (non-hydrogen) atoms. The lowest BCUT2D eigenvalue weighted by Gasteiger charge is -2.12. The van der Waals surface area contributed by atoms with Gasteiger partial charge in [-0.05, 0) is 36.8 Å². The molecule has 2 rings (SSSR count). The molecular formula is C17H16ClNO3. The van der Waals surface area contributed by atoms with Gasteiger partial charge in [-0.3, -0.25) is 9.59 Å². The topological polar surface area (TPSA) is 66.4 Å². The maximum Gasteiger partial charge on any atom is 0.303 e. The predicted octanol–water partition coefficient (Wildman–Crippen LogP) is 4.12. The first-order valence-electron chi connectivity index (χ1n) is 6.84. The SMILES string of the molecule is Cc1ccc(NC(=O)CCC(=O)O)c(-c2ccc(Cl)cc2)c1. The summed E-state index contributed by atoms with van der Waals surface area (Å²) in [5, 5.41) is 12.0. The van der Waals surface area contributed by atoms with Crippen LogP contribution in [-0.2, 0) is 9.59 Å². The second-order valence-corrected chi connectivity index (χ2v) is 5.43. The number of carboxylic acids is 1. The molecule has 0 aliphatic heterocycles. The highest BCUT2D eigenvalue weighted by Crippen LogP contribution is 2.30. The van der Waals surface area contributed by atoms with Crippen molar-refractivity contribution in [1.82, 2.24) is 0 Å². The van der Waals surface area contributed by atoms with Crippen molar-refractivity contribution in [1.29, 1.82) is 0 Å². The molecule has 0 unspecified atom stereocenters. The number of hydrogen-bond acceptors (Lipinski definition) is 2. The maximum atomic E-state index is 11.8. The zero-order valence-electron chi connectivity index (χ0n) is 12.1. The third kappa shape index (κ3) is 4.33. The Labute approximate surface area is 133 Å². The largest absolute Gasteiger partial charge is 0.481 e. The zero-order valence-corrected chi connectivity index (χ0v) is 12.9. The van der Waals surface area contributed by atoms with Crippen LogP contribution in [0.3, 0.4) is 0 Å². The molecule has 0 fully saturated rings. The number of aliphatic carboxylic acids is 1. The summed E-state index contributed by atoms with van der Waals surface area (Å²) in [5.74, 6) is -1.31. The molecule has 2 aromatic rings. The highest BCUT2D eigenvalue weighted by molar-refractivity contribution is 6.30. The number of benzene rings is 2. The molecule has 114 valence electrons. The highest BCUT2D eigenvalue weighted by Gasteiger charge is 2.10. The van der Waals surface area contributed by atoms with Crippen molar-refractivity contribution >= 4 is 29.2 Å². The van der Waals surface area contributed by atoms with E-state index in [1.165, 1.54) is 0 Å². The third-order valence-corrected chi connectivity index (χ3v) is 3.42. The number of rotatable bonds is 5. The van der Waals surface area contributed by atoms with Gasteiger partial charge < -0.3 is 10.4 Å². The number of amides is 1. The second kappa shape index (κ2) is 7.09. The Bertz CT molecular complexity index is 696. The molecule has 2 aromatic carbocycles. The quantitative estimate of drug-likeness (QED) is 0.871. The average molecular weight is 318 g/mol. The van der Waals surface area contributed by atoms with Gasteiger partial charge in [0.25, 0.3) is 0 Å². The number of anilines is 1. The van der Waals surface area contributed by atoms with Gasteiger partial charge in [-0.15, -0.1) is 0 Å². The Morgan fingerprint density at radius 2 is 1.77 bits per heavy atom. The Morgan fingerprint density at radius 1 is 1.09 bits per heavy atom. The first-order chi connectivity index (χ1) is 10.5. The second-order valence-electron chi connectivity index (χ2n) is 5.00. The van der Waals surface area contributed by atoms with Crippen LogP contribution in [0.2, 0.25) is 5.02 Å². The summed E-state index contributed by atoms with van der Waals surface area (Å²) in [4.78, 5) is 22.4. The van der Waals surface area contributed by atoms with E-state index in [1.807, 2.05) is 37.3 Å². The molecule has 2 N–H and O–H groups in total. The normalized spacial score (nSPS) is 10.3. The molecule has 0 aliphatic rings. The number of aryl methyl sites for hydroxylation is 1. The van der Waals surface area contributed by atoms with Gasteiger partial charge in [-0.25, -0.2) is 0 Å². The molecule has 0 aromatic heterocycles. The Kier molecular flexibility index (Phi) is 5.17. The van der Waals surface area contributed by atoms with Crippen molar-refractivity contribution in [3.63, 3.8) is 0 Å². The predicted molar refractivity (Wildman–Crippen MR) is 87.1 cm³/mol. The molecule has 0 radical (unpaired) electrons. The van der Waals surface area contributed by atoms with Crippen LogP contribution in [-0.4, -0.2) is 17.0 Å². The Morgan fingerprint density at radius 3 is 2.41 bits per heavy atom. The first-order valence-corrected chi connectivity index (χ1v) is 7.22. The molecule has 0 aliphatic carbocycles. The van der Waals surface area contributed by atoms with Crippen LogP contribution in [0.1, 0.15) is 18.4 Å². The minimum absolute atomic E-state index is 0.0523. The van der Waals surface area contributed by atoms with Crippen LogP contribution in [0.4, 0.5) is 5.69 Å². The van der Waals surface area contributed by atoms with Gasteiger partial charge >= 0.3 is 5.97 Å². The van der Waals surface area contributed by atoms with Crippen molar-refractivity contribution in [2.75, 3.05) is 5.32 Å². The van der Waals surface area contributed by atoms with Crippen molar-refractivity contribution in [2.45, 2.75) is 19.8 Å². The molecule has 0 bridgehead atoms. The fraction of sp³-hybridized carbons (Fsp3) is 0.176. The van der Waals surface area contributed by atoms with E-state index in [0.717, 1.165) is 16.7 Å². The molecule has 4 nitrogen and oxygen atoms in total. The molecule has 1 amide bonds. The number of carbonyl (C=O) groups excluding carboxylic acids is 1. The van der Waals surface area contributed by atoms with E-state index in [9.17, 15) is 9.59 Å². The lowest BCUT2D eigenvalue weighted by molar-refractivity contribution is -0.138. The standard InChI is InChI=1S/C17H16ClNO3/c1-11-2-7-15(19-16(20)8-9-17(21)22)14(10-11)12-3-5-13(18)6-4-12/h2-7,10H,8-9H2,1H3,(H,19,20)(H,21,22). The average Bonchev–Trinajstić information content (AvgIpc) is 2.48. The Balaban J connectivity index is 2.26. The van der Waals surface area contributed by atoms with Crippen LogP contribution in [0.15, 0.2) is 42.5 Å². The van der Waals surface area contributed by atoms with Crippen molar-refractivity contribution in [2.24, 2.45) is 0 Å². The van der Waals surface area contributed by atoms with Crippen molar-refractivity contribution in [3.05, 3.63) is 53.1 Å². The van der Waals surface area contributed by atoms with E-state index < -0.39 is 5.97 Å². The highest BCUT2D eigenvalue weighted by atomic mass is 35.5. The van der Waals surface area contributed by atoms with Crippen LogP contribution in [0.5, 0.6) is 0 Å². The monoisotopic (exact) mass is 317 g/mol. The van der Waals surface area contributed by atoms with Gasteiger partial charge in [0.2, 0.25) is 5.91 Å². The summed E-state index contributed by atoms with van der Waals surface area (Å²) in [6.45, 7) is 1.97. The summed E-state index contributed by atoms with van der Waals surface area (Å²) in [6.07, 6.45) is -0.239. The van der Waals surface area contributed by atoms with E-state index in [1.54, 1.807) is 12.1 Å². The van der Waals surface area contributed by atoms with Crippen LogP contribution >= 0.6 is 11.6 Å². The summed E-state index contributed by atoms with van der Waals surface area (Å²) >= 11 is 5.90. The van der Waals surface area contributed by atoms with Crippen LogP contribution < -0.4 is 5.32 Å². The number of halogens is 1. The molecule has 0 heterocycles. The maximum absolute atomic E-state index is 11.8. The van der Waals surface area contributed by atoms with Crippen LogP contribution in [0, 0.1) is 6.92 Å². The molecular weight excluding hydrogens is 302 g/mol. The molecule has 0 saturated heterocycles. The zero-order chi connectivity index (χ0) is 16.1. The van der Waals surface area contributed by atoms with E-state index in [4.69, 9.17) is 16.7 Å². The van der Waals surface area contributed by atoms with E-state index in [0.29, 0.717) is 10.7 Å². The van der Waals surface area contributed by atoms with Gasteiger partial charge in [-0.2, -0.15) is 0 Å². The summed E-state index contributed by atoms with van der Waals surface area (Å²) in [7, 11) is 0. The lowest BCUT2D eigenvalue weighted by Crippen LogP contribution is -2.13. The van der Waals surface area contributed by atoms with Gasteiger partial charge in [0.1, 0.15) is 0 Å². The van der Waals surface area contributed by atoms with E-state index in [-0.39, 0.29) is 18.7 Å². The van der Waals surface area contributed by atoms with Gasteiger partial charge in [-0.1, -0.05) is 35.4 Å². The number of hydrogen-bond donors (Lipinski definition) is 2. The molecule has 0 saturated carbocycles. The van der Waals surface area contributed by atoms with Gasteiger partial charge in [0.15, 0.2) is 0 Å². The summed E-state index contributed by atoms with van der Waals surface area (Å²) < 4.78 is 0. The minimum Gasteiger partial charge on any atom is -0.481 e. The minimum atomic E-state index is -0.989. The van der Waals surface area contributed by atoms with E-state index in [2.05, 4.69) is 5.32 Å². The number of carbonyl (C=O) groups is 2. The van der Waals surface area contributed by atoms with Crippen molar-refractivity contribution in [3.8, 4) is 11.1 Å². The number of nitrogens with one attached hydrogen (secondary N) is 1. The van der Waals surface area contributed by atoms with Gasteiger partial charge in [0.05, 0.1) is 6.42 Å².